The van der Waals surface area contributed by atoms with Gasteiger partial charge in [-0.3, -0.25) is 4.68 Å². The van der Waals surface area contributed by atoms with Crippen LogP contribution in [0.1, 0.15) is 31.5 Å². The molecule has 130 valence electrons. The van der Waals surface area contributed by atoms with Crippen LogP contribution in [-0.4, -0.2) is 29.0 Å². The molecular weight excluding hydrogens is 304 g/mol. The average Bonchev–Trinajstić information content (AvgIpc) is 2.93. The lowest BCUT2D eigenvalue weighted by molar-refractivity contribution is 0.252. The number of ether oxygens (including phenoxy) is 1. The van der Waals surface area contributed by atoms with Crippen molar-refractivity contribution in [3.05, 3.63) is 41.7 Å². The monoisotopic (exact) mass is 330 g/mol. The van der Waals surface area contributed by atoms with Gasteiger partial charge in [0.15, 0.2) is 0 Å². The number of urea groups is 1. The summed E-state index contributed by atoms with van der Waals surface area (Å²) in [5.41, 5.74) is 2.81. The highest BCUT2D eigenvalue weighted by Gasteiger charge is 2.07. The third kappa shape index (κ3) is 5.30. The van der Waals surface area contributed by atoms with Crippen LogP contribution < -0.4 is 15.4 Å². The third-order valence-electron chi connectivity index (χ3n) is 3.68. The number of nitrogens with zero attached hydrogens (tertiary/aromatic N) is 2. The van der Waals surface area contributed by atoms with E-state index in [1.54, 1.807) is 4.68 Å². The maximum Gasteiger partial charge on any atom is 0.319 e. The van der Waals surface area contributed by atoms with E-state index in [1.807, 2.05) is 39.1 Å². The van der Waals surface area contributed by atoms with Gasteiger partial charge >= 0.3 is 6.03 Å². The van der Waals surface area contributed by atoms with Crippen molar-refractivity contribution >= 4 is 11.7 Å². The van der Waals surface area contributed by atoms with Crippen LogP contribution in [0.2, 0.25) is 0 Å². The highest BCUT2D eigenvalue weighted by molar-refractivity contribution is 5.89. The highest BCUT2D eigenvalue weighted by atomic mass is 16.5. The topological polar surface area (TPSA) is 68.2 Å². The van der Waals surface area contributed by atoms with Crippen molar-refractivity contribution in [1.29, 1.82) is 0 Å². The second-order valence-corrected chi connectivity index (χ2v) is 5.55. The van der Waals surface area contributed by atoms with Crippen molar-refractivity contribution in [3.63, 3.8) is 0 Å². The Morgan fingerprint density at radius 2 is 2.00 bits per heavy atom. The van der Waals surface area contributed by atoms with Crippen molar-refractivity contribution in [3.8, 4) is 5.75 Å². The third-order valence-corrected chi connectivity index (χ3v) is 3.68. The zero-order valence-corrected chi connectivity index (χ0v) is 14.6. The predicted octanol–water partition coefficient (Wildman–Crippen LogP) is 3.36. The first-order valence-electron chi connectivity index (χ1n) is 8.43. The van der Waals surface area contributed by atoms with Gasteiger partial charge in [0, 0.05) is 19.3 Å². The number of amides is 2. The molecule has 2 N–H and O–H groups in total. The van der Waals surface area contributed by atoms with Crippen LogP contribution in [0.3, 0.4) is 0 Å². The largest absolute Gasteiger partial charge is 0.494 e. The fourth-order valence-electron chi connectivity index (χ4n) is 2.38. The van der Waals surface area contributed by atoms with Crippen molar-refractivity contribution in [1.82, 2.24) is 15.1 Å². The second-order valence-electron chi connectivity index (χ2n) is 5.55. The second kappa shape index (κ2) is 8.96. The number of aromatic nitrogens is 2. The summed E-state index contributed by atoms with van der Waals surface area (Å²) in [6, 6.07) is 7.89. The number of rotatable bonds is 8. The quantitative estimate of drug-likeness (QED) is 0.729. The standard InChI is InChI=1S/C18H26N4O2/c1-4-22-13-17(14(3)21-22)20-18(23)19-12-6-7-15-8-10-16(11-9-15)24-5-2/h8-11,13H,4-7,12H2,1-3H3,(H2,19,20,23). The molecule has 1 heterocycles. The number of hydrogen-bond acceptors (Lipinski definition) is 3. The Hall–Kier alpha value is -2.50. The molecule has 0 fully saturated rings. The number of carbonyl (C=O) groups excluding carboxylic acids is 1. The summed E-state index contributed by atoms with van der Waals surface area (Å²) in [7, 11) is 0. The summed E-state index contributed by atoms with van der Waals surface area (Å²) in [4.78, 5) is 11.9. The highest BCUT2D eigenvalue weighted by Crippen LogP contribution is 2.13. The molecule has 0 unspecified atom stereocenters. The van der Waals surface area contributed by atoms with Gasteiger partial charge in [-0.25, -0.2) is 4.79 Å². The van der Waals surface area contributed by atoms with E-state index < -0.39 is 0 Å². The summed E-state index contributed by atoms with van der Waals surface area (Å²) in [6.07, 6.45) is 3.64. The van der Waals surface area contributed by atoms with Gasteiger partial charge in [-0.2, -0.15) is 5.10 Å². The predicted molar refractivity (Wildman–Crippen MR) is 95.6 cm³/mol. The molecule has 2 amide bonds. The molecular formula is C18H26N4O2. The Labute approximate surface area is 143 Å². The van der Waals surface area contributed by atoms with E-state index in [1.165, 1.54) is 5.56 Å². The van der Waals surface area contributed by atoms with E-state index in [0.717, 1.165) is 36.5 Å². The normalized spacial score (nSPS) is 10.5. The molecule has 0 saturated heterocycles. The molecule has 1 aromatic carbocycles. The fraction of sp³-hybridized carbons (Fsp3) is 0.444. The number of carbonyl (C=O) groups is 1. The van der Waals surface area contributed by atoms with Gasteiger partial charge in [-0.1, -0.05) is 12.1 Å². The maximum absolute atomic E-state index is 11.9. The Morgan fingerprint density at radius 1 is 1.25 bits per heavy atom. The lowest BCUT2D eigenvalue weighted by atomic mass is 10.1. The molecule has 0 atom stereocenters. The number of nitrogens with one attached hydrogen (secondary N) is 2. The molecule has 0 radical (unpaired) electrons. The number of benzene rings is 1. The van der Waals surface area contributed by atoms with E-state index in [4.69, 9.17) is 4.74 Å². The maximum atomic E-state index is 11.9. The molecule has 0 aliphatic rings. The molecule has 0 aliphatic carbocycles. The summed E-state index contributed by atoms with van der Waals surface area (Å²) in [5, 5.41) is 10.0. The Morgan fingerprint density at radius 3 is 2.62 bits per heavy atom. The van der Waals surface area contributed by atoms with Crippen LogP contribution in [0.15, 0.2) is 30.5 Å². The van der Waals surface area contributed by atoms with E-state index in [-0.39, 0.29) is 6.03 Å². The Bertz CT molecular complexity index is 650. The number of anilines is 1. The van der Waals surface area contributed by atoms with Gasteiger partial charge in [0.1, 0.15) is 5.75 Å². The summed E-state index contributed by atoms with van der Waals surface area (Å²) in [6.45, 7) is 7.95. The average molecular weight is 330 g/mol. The smallest absolute Gasteiger partial charge is 0.319 e. The van der Waals surface area contributed by atoms with Crippen molar-refractivity contribution in [2.45, 2.75) is 40.2 Å². The molecule has 2 aromatic rings. The molecule has 0 saturated carbocycles. The van der Waals surface area contributed by atoms with Crippen LogP contribution in [0.25, 0.3) is 0 Å². The molecule has 0 aliphatic heterocycles. The molecule has 6 heteroatoms. The Balaban J connectivity index is 1.69. The number of aryl methyl sites for hydroxylation is 3. The minimum atomic E-state index is -0.194. The first-order valence-corrected chi connectivity index (χ1v) is 8.43. The summed E-state index contributed by atoms with van der Waals surface area (Å²) in [5.74, 6) is 0.891. The van der Waals surface area contributed by atoms with Gasteiger partial charge in [-0.15, -0.1) is 0 Å². The first kappa shape index (κ1) is 17.8. The molecule has 1 aromatic heterocycles. The summed E-state index contributed by atoms with van der Waals surface area (Å²) >= 11 is 0. The minimum Gasteiger partial charge on any atom is -0.494 e. The van der Waals surface area contributed by atoms with Gasteiger partial charge in [0.05, 0.1) is 18.0 Å². The summed E-state index contributed by atoms with van der Waals surface area (Å²) < 4.78 is 7.22. The van der Waals surface area contributed by atoms with Crippen LogP contribution >= 0.6 is 0 Å². The van der Waals surface area contributed by atoms with Gasteiger partial charge in [-0.05, 0) is 51.3 Å². The number of hydrogen-bond donors (Lipinski definition) is 2. The minimum absolute atomic E-state index is 0.194. The van der Waals surface area contributed by atoms with Crippen LogP contribution in [0, 0.1) is 6.92 Å². The first-order chi connectivity index (χ1) is 11.6. The van der Waals surface area contributed by atoms with Gasteiger partial charge in [0.25, 0.3) is 0 Å². The van der Waals surface area contributed by atoms with Crippen molar-refractivity contribution in [2.75, 3.05) is 18.5 Å². The molecule has 2 rings (SSSR count). The zero-order chi connectivity index (χ0) is 17.4. The Kier molecular flexibility index (Phi) is 6.66. The van der Waals surface area contributed by atoms with E-state index >= 15 is 0 Å². The molecule has 24 heavy (non-hydrogen) atoms. The van der Waals surface area contributed by atoms with E-state index in [0.29, 0.717) is 13.2 Å². The lowest BCUT2D eigenvalue weighted by Gasteiger charge is -2.07. The van der Waals surface area contributed by atoms with Gasteiger partial charge < -0.3 is 15.4 Å². The van der Waals surface area contributed by atoms with Gasteiger partial charge in [0.2, 0.25) is 0 Å². The zero-order valence-electron chi connectivity index (χ0n) is 14.6. The lowest BCUT2D eigenvalue weighted by Crippen LogP contribution is -2.29. The van der Waals surface area contributed by atoms with Crippen molar-refractivity contribution < 1.29 is 9.53 Å². The van der Waals surface area contributed by atoms with E-state index in [2.05, 4.69) is 27.9 Å². The fourth-order valence-corrected chi connectivity index (χ4v) is 2.38. The molecule has 6 nitrogen and oxygen atoms in total. The van der Waals surface area contributed by atoms with Crippen molar-refractivity contribution in [2.24, 2.45) is 0 Å². The van der Waals surface area contributed by atoms with E-state index in [9.17, 15) is 4.79 Å². The SMILES string of the molecule is CCOc1ccc(CCCNC(=O)Nc2cn(CC)nc2C)cc1. The molecule has 0 spiro atoms. The van der Waals surface area contributed by atoms with Crippen LogP contribution in [-0.2, 0) is 13.0 Å². The molecule has 0 bridgehead atoms. The van der Waals surface area contributed by atoms with Crippen LogP contribution in [0.4, 0.5) is 10.5 Å². The van der Waals surface area contributed by atoms with Crippen LogP contribution in [0.5, 0.6) is 5.75 Å².